The molecule has 3 rings (SSSR count). The predicted octanol–water partition coefficient (Wildman–Crippen LogP) is 6.02. The van der Waals surface area contributed by atoms with Gasteiger partial charge in [-0.15, -0.1) is 0 Å². The van der Waals surface area contributed by atoms with Gasteiger partial charge in [-0.25, -0.2) is 0 Å². The first-order valence-electron chi connectivity index (χ1n) is 8.53. The highest BCUT2D eigenvalue weighted by Gasteiger charge is 2.08. The second-order valence-corrected chi connectivity index (χ2v) is 7.43. The Labute approximate surface area is 154 Å². The summed E-state index contributed by atoms with van der Waals surface area (Å²) in [5.74, 6) is 0. The maximum atomic E-state index is 12.3. The van der Waals surface area contributed by atoms with Gasteiger partial charge in [-0.05, 0) is 61.7 Å². The van der Waals surface area contributed by atoms with E-state index in [1.807, 2.05) is 43.3 Å². The standard InChI is InChI=1S/C23H22OS/c1-17-3-7-19(8-4-17)9-10-20-11-15-22(16-12-20)25-23(24)21-13-5-18(2)6-14-21/h3-8,11-16H,9-10H2,1-2H3. The summed E-state index contributed by atoms with van der Waals surface area (Å²) in [6, 6.07) is 24.8. The van der Waals surface area contributed by atoms with Crippen molar-refractivity contribution >= 4 is 16.9 Å². The van der Waals surface area contributed by atoms with Crippen molar-refractivity contribution in [1.29, 1.82) is 0 Å². The molecule has 0 bridgehead atoms. The molecule has 0 aliphatic heterocycles. The summed E-state index contributed by atoms with van der Waals surface area (Å²) in [6.07, 6.45) is 2.05. The first-order valence-corrected chi connectivity index (χ1v) is 9.35. The number of thioether (sulfide) groups is 1. The quantitative estimate of drug-likeness (QED) is 0.525. The number of rotatable bonds is 5. The lowest BCUT2D eigenvalue weighted by Gasteiger charge is -2.05. The molecule has 0 radical (unpaired) electrons. The normalized spacial score (nSPS) is 10.6. The predicted molar refractivity (Wildman–Crippen MR) is 106 cm³/mol. The van der Waals surface area contributed by atoms with Gasteiger partial charge in [-0.2, -0.15) is 0 Å². The van der Waals surface area contributed by atoms with Gasteiger partial charge >= 0.3 is 0 Å². The van der Waals surface area contributed by atoms with E-state index in [0.717, 1.165) is 23.3 Å². The SMILES string of the molecule is Cc1ccc(CCc2ccc(SC(=O)c3ccc(C)cc3)cc2)cc1. The Kier molecular flexibility index (Phi) is 5.72. The fraction of sp³-hybridized carbons (Fsp3) is 0.174. The first-order chi connectivity index (χ1) is 12.1. The molecule has 0 fully saturated rings. The van der Waals surface area contributed by atoms with Crippen LogP contribution < -0.4 is 0 Å². The lowest BCUT2D eigenvalue weighted by Crippen LogP contribution is -1.94. The minimum atomic E-state index is 0.0902. The molecule has 0 N–H and O–H groups in total. The average molecular weight is 346 g/mol. The van der Waals surface area contributed by atoms with Crippen molar-refractivity contribution in [3.63, 3.8) is 0 Å². The van der Waals surface area contributed by atoms with Gasteiger partial charge < -0.3 is 0 Å². The molecule has 0 saturated heterocycles. The molecule has 126 valence electrons. The smallest absolute Gasteiger partial charge is 0.224 e. The second-order valence-electron chi connectivity index (χ2n) is 6.39. The van der Waals surface area contributed by atoms with Gasteiger partial charge in [-0.1, -0.05) is 71.8 Å². The van der Waals surface area contributed by atoms with E-state index in [0.29, 0.717) is 0 Å². The summed E-state index contributed by atoms with van der Waals surface area (Å²) in [5, 5.41) is 0.0902. The Morgan fingerprint density at radius 1 is 0.680 bits per heavy atom. The van der Waals surface area contributed by atoms with E-state index in [2.05, 4.69) is 43.3 Å². The Hall–Kier alpha value is -2.32. The molecule has 0 amide bonds. The van der Waals surface area contributed by atoms with Crippen molar-refractivity contribution in [1.82, 2.24) is 0 Å². The third-order valence-corrected chi connectivity index (χ3v) is 5.17. The van der Waals surface area contributed by atoms with Crippen molar-refractivity contribution in [2.45, 2.75) is 31.6 Å². The van der Waals surface area contributed by atoms with Gasteiger partial charge in [0.05, 0.1) is 0 Å². The molecule has 0 atom stereocenters. The highest BCUT2D eigenvalue weighted by atomic mass is 32.2. The van der Waals surface area contributed by atoms with Crippen molar-refractivity contribution in [3.05, 3.63) is 101 Å². The highest BCUT2D eigenvalue weighted by Crippen LogP contribution is 2.23. The molecular weight excluding hydrogens is 324 g/mol. The number of benzene rings is 3. The minimum absolute atomic E-state index is 0.0902. The van der Waals surface area contributed by atoms with Crippen LogP contribution in [0.15, 0.2) is 77.7 Å². The van der Waals surface area contributed by atoms with Crippen LogP contribution in [-0.4, -0.2) is 5.12 Å². The van der Waals surface area contributed by atoms with E-state index in [1.54, 1.807) is 0 Å². The topological polar surface area (TPSA) is 17.1 Å². The first kappa shape index (κ1) is 17.5. The molecule has 0 aliphatic carbocycles. The van der Waals surface area contributed by atoms with E-state index in [4.69, 9.17) is 0 Å². The van der Waals surface area contributed by atoms with Gasteiger partial charge in [0.2, 0.25) is 5.12 Å². The average Bonchev–Trinajstić information content (AvgIpc) is 2.63. The minimum Gasteiger partial charge on any atom is -0.281 e. The van der Waals surface area contributed by atoms with E-state index in [9.17, 15) is 4.79 Å². The van der Waals surface area contributed by atoms with E-state index in [-0.39, 0.29) is 5.12 Å². The Morgan fingerprint density at radius 3 is 1.64 bits per heavy atom. The van der Waals surface area contributed by atoms with Gasteiger partial charge in [0.25, 0.3) is 0 Å². The van der Waals surface area contributed by atoms with Crippen molar-refractivity contribution in [3.8, 4) is 0 Å². The van der Waals surface area contributed by atoms with E-state index in [1.165, 1.54) is 34.0 Å². The molecule has 2 heteroatoms. The molecule has 0 aromatic heterocycles. The van der Waals surface area contributed by atoms with Crippen LogP contribution in [0, 0.1) is 13.8 Å². The molecule has 3 aromatic rings. The Balaban J connectivity index is 1.57. The van der Waals surface area contributed by atoms with Crippen molar-refractivity contribution < 1.29 is 4.79 Å². The molecule has 1 nitrogen and oxygen atoms in total. The summed E-state index contributed by atoms with van der Waals surface area (Å²) in [5.41, 5.74) is 5.87. The number of aryl methyl sites for hydroxylation is 4. The molecule has 0 spiro atoms. The maximum absolute atomic E-state index is 12.3. The molecule has 0 saturated carbocycles. The zero-order valence-corrected chi connectivity index (χ0v) is 15.5. The van der Waals surface area contributed by atoms with Crippen LogP contribution in [-0.2, 0) is 12.8 Å². The van der Waals surface area contributed by atoms with Crippen LogP contribution in [0.2, 0.25) is 0 Å². The number of hydrogen-bond acceptors (Lipinski definition) is 2. The molecule has 0 aliphatic rings. The third-order valence-electron chi connectivity index (χ3n) is 4.24. The van der Waals surface area contributed by atoms with Crippen LogP contribution in [0.3, 0.4) is 0 Å². The van der Waals surface area contributed by atoms with Gasteiger partial charge in [0.15, 0.2) is 0 Å². The summed E-state index contributed by atoms with van der Waals surface area (Å²) in [7, 11) is 0. The van der Waals surface area contributed by atoms with Gasteiger partial charge in [0, 0.05) is 10.5 Å². The van der Waals surface area contributed by atoms with E-state index >= 15 is 0 Å². The lowest BCUT2D eigenvalue weighted by atomic mass is 10.0. The largest absolute Gasteiger partial charge is 0.281 e. The summed E-state index contributed by atoms with van der Waals surface area (Å²) in [6.45, 7) is 4.13. The van der Waals surface area contributed by atoms with Crippen LogP contribution in [0.5, 0.6) is 0 Å². The Morgan fingerprint density at radius 2 is 1.12 bits per heavy atom. The summed E-state index contributed by atoms with van der Waals surface area (Å²) in [4.78, 5) is 13.3. The zero-order chi connectivity index (χ0) is 17.6. The van der Waals surface area contributed by atoms with Crippen LogP contribution >= 0.6 is 11.8 Å². The molecule has 0 heterocycles. The molecule has 25 heavy (non-hydrogen) atoms. The summed E-state index contributed by atoms with van der Waals surface area (Å²) < 4.78 is 0. The van der Waals surface area contributed by atoms with Crippen LogP contribution in [0.25, 0.3) is 0 Å². The van der Waals surface area contributed by atoms with Crippen LogP contribution in [0.4, 0.5) is 0 Å². The van der Waals surface area contributed by atoms with Crippen LogP contribution in [0.1, 0.15) is 32.6 Å². The van der Waals surface area contributed by atoms with Crippen molar-refractivity contribution in [2.75, 3.05) is 0 Å². The lowest BCUT2D eigenvalue weighted by molar-refractivity contribution is 0.108. The number of hydrogen-bond donors (Lipinski definition) is 0. The fourth-order valence-corrected chi connectivity index (χ4v) is 3.36. The second kappa shape index (κ2) is 8.17. The molecule has 0 unspecified atom stereocenters. The maximum Gasteiger partial charge on any atom is 0.224 e. The number of carbonyl (C=O) groups excluding carboxylic acids is 1. The highest BCUT2D eigenvalue weighted by molar-refractivity contribution is 8.14. The monoisotopic (exact) mass is 346 g/mol. The number of carbonyl (C=O) groups is 1. The van der Waals surface area contributed by atoms with Gasteiger partial charge in [-0.3, -0.25) is 4.79 Å². The van der Waals surface area contributed by atoms with Gasteiger partial charge in [0.1, 0.15) is 0 Å². The summed E-state index contributed by atoms with van der Waals surface area (Å²) >= 11 is 1.29. The zero-order valence-electron chi connectivity index (χ0n) is 14.7. The fourth-order valence-electron chi connectivity index (χ4n) is 2.62. The molecule has 3 aromatic carbocycles. The Bertz CT molecular complexity index is 831. The van der Waals surface area contributed by atoms with Crippen molar-refractivity contribution in [2.24, 2.45) is 0 Å². The van der Waals surface area contributed by atoms with E-state index < -0.39 is 0 Å². The third kappa shape index (κ3) is 5.07. The molecular formula is C23H22OS.